The number of halogens is 1. The normalized spacial score (nSPS) is 15.5. The molecule has 0 spiro atoms. The lowest BCUT2D eigenvalue weighted by atomic mass is 10.0. The standard InChI is InChI=1S/C61H76ClN11O12S/c1-37(2)54(68-50(74)13-7-6-8-25-72-51(75)20-21-52(72)76)57(78)67-46(12-11-22-64-59(63)80)56(77)65-42-16-14-39(15-17-42)36-84-60(81)69(4)26-27-70(5)61(82)85-49-33-48-53(55-44(49)30-38(3)86-55)41(34-62)35-73(48)58(79)47-32-40-31-43(18-19-45(40)66-47)83-29-28-71-23-9-10-24-71/h14-21,30-33,37,41,46,54,66H,6-13,22-29,34-36H2,1-5H3,(H,65,77)(H,67,78)(H,68,74)(H3,63,64,80)/t41-,46?,54-/m0/s1. The van der Waals surface area contributed by atoms with Gasteiger partial charge in [0.05, 0.1) is 5.69 Å². The van der Waals surface area contributed by atoms with Gasteiger partial charge in [0.25, 0.3) is 17.7 Å². The van der Waals surface area contributed by atoms with Gasteiger partial charge in [0.1, 0.15) is 42.5 Å². The SMILES string of the molecule is Cc1cc2c(OC(=O)N(C)CCN(C)C(=O)OCc3ccc(NC(=O)C(CCCNC(N)=O)NC(=O)[C@@H](NC(=O)CCCCCN4C(=O)C=CC4=O)C(C)C)cc3)cc3c(c2s1)[C@@H](CCl)CN3C(=O)c1cc2cc(OCCN3CCCC3)ccc2[nH]1. The monoisotopic (exact) mass is 1220 g/mol. The second kappa shape index (κ2) is 29.7. The average molecular weight is 1220 g/mol. The maximum absolute atomic E-state index is 14.4. The lowest BCUT2D eigenvalue weighted by Gasteiger charge is -2.25. The lowest BCUT2D eigenvalue weighted by Crippen LogP contribution is -2.54. The number of hydrogen-bond acceptors (Lipinski definition) is 14. The van der Waals surface area contributed by atoms with E-state index in [4.69, 9.17) is 31.5 Å². The molecule has 3 aliphatic heterocycles. The largest absolute Gasteiger partial charge is 0.492 e. The topological polar surface area (TPSA) is 287 Å². The van der Waals surface area contributed by atoms with E-state index in [9.17, 15) is 43.2 Å². The molecule has 10 amide bonds. The number of alkyl halides is 1. The van der Waals surface area contributed by atoms with Gasteiger partial charge in [-0.05, 0) is 112 Å². The Morgan fingerprint density at radius 1 is 0.849 bits per heavy atom. The van der Waals surface area contributed by atoms with Crippen LogP contribution in [0.4, 0.5) is 25.8 Å². The molecule has 25 heteroatoms. The fourth-order valence-electron chi connectivity index (χ4n) is 10.5. The molecule has 1 unspecified atom stereocenters. The van der Waals surface area contributed by atoms with Crippen LogP contribution in [0, 0.1) is 12.8 Å². The van der Waals surface area contributed by atoms with Gasteiger partial charge in [0.15, 0.2) is 0 Å². The number of aryl methyl sites for hydroxylation is 1. The predicted octanol–water partition coefficient (Wildman–Crippen LogP) is 7.35. The third kappa shape index (κ3) is 16.6. The van der Waals surface area contributed by atoms with Crippen LogP contribution in [0.15, 0.2) is 72.8 Å². The van der Waals surface area contributed by atoms with Crippen molar-refractivity contribution in [1.82, 2.24) is 40.5 Å². The van der Waals surface area contributed by atoms with E-state index in [0.29, 0.717) is 55.0 Å². The molecule has 0 radical (unpaired) electrons. The number of carbonyl (C=O) groups is 9. The van der Waals surface area contributed by atoms with Crippen LogP contribution in [0.1, 0.15) is 97.6 Å². The minimum absolute atomic E-state index is 0.0879. The van der Waals surface area contributed by atoms with Crippen molar-refractivity contribution in [3.63, 3.8) is 0 Å². The highest BCUT2D eigenvalue weighted by atomic mass is 35.5. The Kier molecular flexibility index (Phi) is 22.1. The molecule has 1 fully saturated rings. The van der Waals surface area contributed by atoms with Crippen molar-refractivity contribution in [3.05, 3.63) is 94.5 Å². The number of aromatic nitrogens is 1. The van der Waals surface area contributed by atoms with Crippen LogP contribution in [-0.4, -0.2) is 169 Å². The minimum atomic E-state index is -1.08. The summed E-state index contributed by atoms with van der Waals surface area (Å²) >= 11 is 8.14. The Balaban J connectivity index is 0.811. The lowest BCUT2D eigenvalue weighted by molar-refractivity contribution is -0.137. The Morgan fingerprint density at radius 2 is 1.57 bits per heavy atom. The molecule has 460 valence electrons. The van der Waals surface area contributed by atoms with Crippen molar-refractivity contribution in [2.24, 2.45) is 11.7 Å². The quantitative estimate of drug-likeness (QED) is 0.0163. The van der Waals surface area contributed by atoms with Crippen molar-refractivity contribution in [2.45, 2.75) is 96.7 Å². The van der Waals surface area contributed by atoms with E-state index in [1.54, 1.807) is 67.5 Å². The molecular weight excluding hydrogens is 1150 g/mol. The van der Waals surface area contributed by atoms with Gasteiger partial charge in [-0.25, -0.2) is 14.4 Å². The first-order valence-electron chi connectivity index (χ1n) is 29.1. The fourth-order valence-corrected chi connectivity index (χ4v) is 11.9. The van der Waals surface area contributed by atoms with Crippen LogP contribution < -0.4 is 41.4 Å². The number of thiophene rings is 1. The van der Waals surface area contributed by atoms with Crippen molar-refractivity contribution in [2.75, 3.05) is 89.2 Å². The highest BCUT2D eigenvalue weighted by Crippen LogP contribution is 2.49. The van der Waals surface area contributed by atoms with Gasteiger partial charge in [-0.3, -0.25) is 38.6 Å². The molecule has 1 saturated heterocycles. The maximum Gasteiger partial charge on any atom is 0.415 e. The van der Waals surface area contributed by atoms with E-state index in [1.807, 2.05) is 37.3 Å². The van der Waals surface area contributed by atoms with Crippen LogP contribution >= 0.6 is 22.9 Å². The Labute approximate surface area is 508 Å². The van der Waals surface area contributed by atoms with Crippen LogP contribution in [0.25, 0.3) is 21.0 Å². The zero-order chi connectivity index (χ0) is 61.6. The molecule has 0 saturated carbocycles. The molecule has 5 heterocycles. The Morgan fingerprint density at radius 3 is 2.27 bits per heavy atom. The molecule has 3 aromatic carbocycles. The van der Waals surface area contributed by atoms with Crippen LogP contribution in [0.5, 0.6) is 11.5 Å². The summed E-state index contributed by atoms with van der Waals surface area (Å²) in [5, 5.41) is 12.4. The summed E-state index contributed by atoms with van der Waals surface area (Å²) in [7, 11) is 3.10. The van der Waals surface area contributed by atoms with E-state index < -0.39 is 42.1 Å². The molecule has 23 nitrogen and oxygen atoms in total. The first-order valence-corrected chi connectivity index (χ1v) is 30.4. The number of urea groups is 1. The number of fused-ring (bicyclic) bond motifs is 4. The van der Waals surface area contributed by atoms with E-state index in [0.717, 1.165) is 61.7 Å². The van der Waals surface area contributed by atoms with Gasteiger partial charge >= 0.3 is 18.2 Å². The Bertz CT molecular complexity index is 3320. The molecule has 8 rings (SSSR count). The van der Waals surface area contributed by atoms with Crippen molar-refractivity contribution < 1.29 is 57.4 Å². The number of likely N-dealkylation sites (N-methyl/N-ethyl adjacent to an activating group) is 2. The van der Waals surface area contributed by atoms with Crippen LogP contribution in [-0.2, 0) is 35.3 Å². The summed E-state index contributed by atoms with van der Waals surface area (Å²) < 4.78 is 18.6. The number of nitrogens with zero attached hydrogens (tertiary/aromatic N) is 5. The molecule has 3 aliphatic rings. The number of aromatic amines is 1. The summed E-state index contributed by atoms with van der Waals surface area (Å²) in [6, 6.07) is 15.0. The third-order valence-corrected chi connectivity index (χ3v) is 16.8. The highest BCUT2D eigenvalue weighted by molar-refractivity contribution is 7.19. The van der Waals surface area contributed by atoms with Crippen LogP contribution in [0.2, 0.25) is 0 Å². The number of likely N-dealkylation sites (tertiary alicyclic amines) is 1. The predicted molar refractivity (Wildman–Crippen MR) is 328 cm³/mol. The second-order valence-corrected chi connectivity index (χ2v) is 23.8. The number of carbonyl (C=O) groups excluding carboxylic acids is 9. The summed E-state index contributed by atoms with van der Waals surface area (Å²) in [6.07, 6.45) is 5.60. The Hall–Kier alpha value is -8.22. The van der Waals surface area contributed by atoms with E-state index >= 15 is 0 Å². The molecule has 3 atom stereocenters. The molecule has 0 aliphatic carbocycles. The number of benzene rings is 3. The third-order valence-electron chi connectivity index (χ3n) is 15.4. The minimum Gasteiger partial charge on any atom is -0.492 e. The number of amides is 10. The number of primary amides is 1. The highest BCUT2D eigenvalue weighted by Gasteiger charge is 2.37. The number of anilines is 2. The molecular formula is C61H76ClN11O12S. The number of nitrogens with two attached hydrogens (primary N) is 1. The second-order valence-electron chi connectivity index (χ2n) is 22.2. The smallest absolute Gasteiger partial charge is 0.415 e. The number of imide groups is 1. The van der Waals surface area contributed by atoms with Crippen molar-refractivity contribution in [3.8, 4) is 11.5 Å². The number of unbranched alkanes of at least 4 members (excludes halogenated alkanes) is 2. The summed E-state index contributed by atoms with van der Waals surface area (Å²) in [4.78, 5) is 129. The number of hydrogen-bond donors (Lipinski definition) is 6. The van der Waals surface area contributed by atoms with Gasteiger partial charge in [0, 0.05) is 127 Å². The molecule has 86 heavy (non-hydrogen) atoms. The average Bonchev–Trinajstić information content (AvgIpc) is 1.69. The van der Waals surface area contributed by atoms with Gasteiger partial charge in [-0.1, -0.05) is 32.4 Å². The summed E-state index contributed by atoms with van der Waals surface area (Å²) in [6.45, 7) is 9.91. The van der Waals surface area contributed by atoms with Crippen molar-refractivity contribution >= 4 is 109 Å². The van der Waals surface area contributed by atoms with Crippen LogP contribution in [0.3, 0.4) is 0 Å². The molecule has 5 aromatic rings. The maximum atomic E-state index is 14.4. The number of rotatable bonds is 28. The van der Waals surface area contributed by atoms with Gasteiger partial charge in [0.2, 0.25) is 17.7 Å². The van der Waals surface area contributed by atoms with Gasteiger partial charge in [-0.15, -0.1) is 22.9 Å². The number of H-pyrrole nitrogens is 1. The van der Waals surface area contributed by atoms with E-state index in [2.05, 4.69) is 31.2 Å². The number of nitrogens with one attached hydrogen (secondary N) is 5. The molecule has 2 aromatic heterocycles. The molecule has 0 bridgehead atoms. The summed E-state index contributed by atoms with van der Waals surface area (Å²) in [5.74, 6) is -1.71. The first-order chi connectivity index (χ1) is 41.3. The van der Waals surface area contributed by atoms with Crippen molar-refractivity contribution in [1.29, 1.82) is 0 Å². The summed E-state index contributed by atoms with van der Waals surface area (Å²) in [5.41, 5.74) is 8.94. The van der Waals surface area contributed by atoms with E-state index in [-0.39, 0.29) is 99.1 Å². The molecule has 7 N–H and O–H groups in total. The number of ether oxygens (including phenoxy) is 3. The van der Waals surface area contributed by atoms with Gasteiger partial charge in [-0.2, -0.15) is 0 Å². The zero-order valence-electron chi connectivity index (χ0n) is 49.2. The van der Waals surface area contributed by atoms with Gasteiger partial charge < -0.3 is 60.9 Å². The fraction of sp³-hybridized carbons (Fsp3) is 0.459. The zero-order valence-corrected chi connectivity index (χ0v) is 50.7. The van der Waals surface area contributed by atoms with E-state index in [1.165, 1.54) is 41.8 Å². The first kappa shape index (κ1) is 63.8.